The molecular weight excluding hydrogens is 256 g/mol. The van der Waals surface area contributed by atoms with Crippen molar-refractivity contribution >= 4 is 11.9 Å². The van der Waals surface area contributed by atoms with Crippen LogP contribution in [-0.4, -0.2) is 44.0 Å². The van der Waals surface area contributed by atoms with Gasteiger partial charge in [0.25, 0.3) is 5.91 Å². The summed E-state index contributed by atoms with van der Waals surface area (Å²) < 4.78 is 4.57. The lowest BCUT2D eigenvalue weighted by atomic mass is 10.0. The van der Waals surface area contributed by atoms with E-state index in [0.29, 0.717) is 37.9 Å². The molecule has 0 saturated heterocycles. The van der Waals surface area contributed by atoms with Crippen LogP contribution in [0.3, 0.4) is 0 Å². The molecule has 1 aromatic rings. The van der Waals surface area contributed by atoms with Crippen molar-refractivity contribution < 1.29 is 14.3 Å². The summed E-state index contributed by atoms with van der Waals surface area (Å²) >= 11 is 0. The van der Waals surface area contributed by atoms with Crippen LogP contribution in [0.15, 0.2) is 24.3 Å². The van der Waals surface area contributed by atoms with Crippen LogP contribution in [0.5, 0.6) is 0 Å². The Morgan fingerprint density at radius 2 is 2.00 bits per heavy atom. The number of esters is 1. The largest absolute Gasteiger partial charge is 0.469 e. The van der Waals surface area contributed by atoms with E-state index in [-0.39, 0.29) is 11.9 Å². The summed E-state index contributed by atoms with van der Waals surface area (Å²) in [6.45, 7) is 1.03. The van der Waals surface area contributed by atoms with Gasteiger partial charge in [0.05, 0.1) is 7.11 Å². The van der Waals surface area contributed by atoms with Crippen LogP contribution in [0, 0.1) is 0 Å². The van der Waals surface area contributed by atoms with Crippen molar-refractivity contribution in [2.45, 2.75) is 19.3 Å². The zero-order valence-electron chi connectivity index (χ0n) is 12.1. The van der Waals surface area contributed by atoms with E-state index in [2.05, 4.69) is 4.74 Å². The summed E-state index contributed by atoms with van der Waals surface area (Å²) in [5, 5.41) is 0. The number of nitrogens with zero attached hydrogens (tertiary/aromatic N) is 1. The van der Waals surface area contributed by atoms with Gasteiger partial charge in [-0.3, -0.25) is 9.59 Å². The van der Waals surface area contributed by atoms with E-state index in [4.69, 9.17) is 5.73 Å². The maximum Gasteiger partial charge on any atom is 0.305 e. The van der Waals surface area contributed by atoms with Gasteiger partial charge < -0.3 is 15.4 Å². The summed E-state index contributed by atoms with van der Waals surface area (Å²) in [4.78, 5) is 25.0. The lowest BCUT2D eigenvalue weighted by Crippen LogP contribution is -2.29. The number of ether oxygens (including phenoxy) is 1. The third-order valence-corrected chi connectivity index (χ3v) is 3.11. The Morgan fingerprint density at radius 3 is 2.65 bits per heavy atom. The molecule has 0 aliphatic rings. The smallest absolute Gasteiger partial charge is 0.305 e. The molecule has 0 fully saturated rings. The Hall–Kier alpha value is -1.88. The van der Waals surface area contributed by atoms with Crippen molar-refractivity contribution in [2.75, 3.05) is 27.2 Å². The van der Waals surface area contributed by atoms with Gasteiger partial charge in [-0.25, -0.2) is 0 Å². The minimum atomic E-state index is -0.255. The molecule has 5 heteroatoms. The fourth-order valence-corrected chi connectivity index (χ4v) is 1.97. The molecule has 0 aliphatic heterocycles. The SMILES string of the molecule is COC(=O)CCCN(C)C(=O)c1ccccc1CCN. The summed E-state index contributed by atoms with van der Waals surface area (Å²) in [7, 11) is 3.10. The summed E-state index contributed by atoms with van der Waals surface area (Å²) in [5.74, 6) is -0.298. The second-order valence-electron chi connectivity index (χ2n) is 4.60. The number of carbonyl (C=O) groups excluding carboxylic acids is 2. The van der Waals surface area contributed by atoms with Crippen LogP contribution >= 0.6 is 0 Å². The quantitative estimate of drug-likeness (QED) is 0.761. The number of hydrogen-bond donors (Lipinski definition) is 1. The highest BCUT2D eigenvalue weighted by atomic mass is 16.5. The Balaban J connectivity index is 2.62. The second kappa shape index (κ2) is 8.32. The van der Waals surface area contributed by atoms with Crippen LogP contribution in [0.1, 0.15) is 28.8 Å². The van der Waals surface area contributed by atoms with Crippen molar-refractivity contribution in [1.29, 1.82) is 0 Å². The molecule has 0 spiro atoms. The van der Waals surface area contributed by atoms with Gasteiger partial charge in [-0.1, -0.05) is 18.2 Å². The number of nitrogens with two attached hydrogens (primary N) is 1. The van der Waals surface area contributed by atoms with Gasteiger partial charge in [0, 0.05) is 25.6 Å². The molecule has 5 nitrogen and oxygen atoms in total. The molecule has 0 radical (unpaired) electrons. The minimum Gasteiger partial charge on any atom is -0.469 e. The van der Waals surface area contributed by atoms with Gasteiger partial charge in [-0.15, -0.1) is 0 Å². The summed E-state index contributed by atoms with van der Waals surface area (Å²) in [6, 6.07) is 7.47. The van der Waals surface area contributed by atoms with Gasteiger partial charge in [-0.05, 0) is 31.0 Å². The molecule has 0 aromatic heterocycles. The molecule has 20 heavy (non-hydrogen) atoms. The molecule has 0 atom stereocenters. The van der Waals surface area contributed by atoms with E-state index >= 15 is 0 Å². The van der Waals surface area contributed by atoms with E-state index in [1.54, 1.807) is 11.9 Å². The lowest BCUT2D eigenvalue weighted by Gasteiger charge is -2.18. The van der Waals surface area contributed by atoms with Crippen molar-refractivity contribution in [3.05, 3.63) is 35.4 Å². The van der Waals surface area contributed by atoms with Crippen molar-refractivity contribution in [1.82, 2.24) is 4.90 Å². The first-order valence-corrected chi connectivity index (χ1v) is 6.70. The number of benzene rings is 1. The van der Waals surface area contributed by atoms with Crippen molar-refractivity contribution in [2.24, 2.45) is 5.73 Å². The van der Waals surface area contributed by atoms with Gasteiger partial charge in [-0.2, -0.15) is 0 Å². The van der Waals surface area contributed by atoms with Crippen LogP contribution in [-0.2, 0) is 16.0 Å². The molecule has 0 heterocycles. The molecular formula is C15H22N2O3. The first-order chi connectivity index (χ1) is 9.60. The van der Waals surface area contributed by atoms with E-state index in [0.717, 1.165) is 5.56 Å². The van der Waals surface area contributed by atoms with Gasteiger partial charge in [0.2, 0.25) is 0 Å². The minimum absolute atomic E-state index is 0.0427. The number of methoxy groups -OCH3 is 1. The van der Waals surface area contributed by atoms with Crippen molar-refractivity contribution in [3.63, 3.8) is 0 Å². The van der Waals surface area contributed by atoms with E-state index < -0.39 is 0 Å². The van der Waals surface area contributed by atoms with E-state index in [1.165, 1.54) is 7.11 Å². The normalized spacial score (nSPS) is 10.2. The highest BCUT2D eigenvalue weighted by Crippen LogP contribution is 2.12. The fourth-order valence-electron chi connectivity index (χ4n) is 1.97. The molecule has 2 N–H and O–H groups in total. The van der Waals surface area contributed by atoms with E-state index in [9.17, 15) is 9.59 Å². The summed E-state index contributed by atoms with van der Waals surface area (Å²) in [6.07, 6.45) is 1.59. The topological polar surface area (TPSA) is 72.6 Å². The molecule has 1 aromatic carbocycles. The molecule has 0 bridgehead atoms. The Morgan fingerprint density at radius 1 is 1.30 bits per heavy atom. The number of rotatable bonds is 7. The zero-order valence-corrected chi connectivity index (χ0v) is 12.1. The highest BCUT2D eigenvalue weighted by Gasteiger charge is 2.15. The first kappa shape index (κ1) is 16.2. The Bertz CT molecular complexity index is 460. The highest BCUT2D eigenvalue weighted by molar-refractivity contribution is 5.95. The molecule has 0 aliphatic carbocycles. The zero-order chi connectivity index (χ0) is 15.0. The average Bonchev–Trinajstić information content (AvgIpc) is 2.47. The predicted octanol–water partition coefficient (Wildman–Crippen LogP) is 1.21. The molecule has 0 unspecified atom stereocenters. The van der Waals surface area contributed by atoms with Gasteiger partial charge in [0.1, 0.15) is 0 Å². The third kappa shape index (κ3) is 4.66. The second-order valence-corrected chi connectivity index (χ2v) is 4.60. The van der Waals surface area contributed by atoms with Crippen LogP contribution in [0.2, 0.25) is 0 Å². The lowest BCUT2D eigenvalue weighted by molar-refractivity contribution is -0.140. The molecule has 0 saturated carbocycles. The average molecular weight is 278 g/mol. The first-order valence-electron chi connectivity index (χ1n) is 6.70. The van der Waals surface area contributed by atoms with Crippen LogP contribution in [0.4, 0.5) is 0 Å². The van der Waals surface area contributed by atoms with Gasteiger partial charge >= 0.3 is 5.97 Å². The Labute approximate surface area is 119 Å². The molecule has 110 valence electrons. The maximum atomic E-state index is 12.4. The maximum absolute atomic E-state index is 12.4. The molecule has 1 amide bonds. The molecule has 1 rings (SSSR count). The van der Waals surface area contributed by atoms with Crippen LogP contribution in [0.25, 0.3) is 0 Å². The Kier molecular flexibility index (Phi) is 6.73. The number of hydrogen-bond acceptors (Lipinski definition) is 4. The van der Waals surface area contributed by atoms with Crippen molar-refractivity contribution in [3.8, 4) is 0 Å². The predicted molar refractivity (Wildman–Crippen MR) is 77.4 cm³/mol. The third-order valence-electron chi connectivity index (χ3n) is 3.11. The van der Waals surface area contributed by atoms with Gasteiger partial charge in [0.15, 0.2) is 0 Å². The standard InChI is InChI=1S/C15H22N2O3/c1-17(11-5-8-14(18)20-2)15(19)13-7-4-3-6-12(13)9-10-16/h3-4,6-7H,5,8-11,16H2,1-2H3. The van der Waals surface area contributed by atoms with E-state index in [1.807, 2.05) is 24.3 Å². The fraction of sp³-hybridized carbons (Fsp3) is 0.467. The number of amides is 1. The van der Waals surface area contributed by atoms with Crippen LogP contribution < -0.4 is 5.73 Å². The number of carbonyl (C=O) groups is 2. The summed E-state index contributed by atoms with van der Waals surface area (Å²) in [5.41, 5.74) is 7.20. The monoisotopic (exact) mass is 278 g/mol.